The van der Waals surface area contributed by atoms with Crippen LogP contribution >= 0.6 is 11.6 Å². The normalized spacial score (nSPS) is 14.5. The number of hydrogen-bond acceptors (Lipinski definition) is 6. The Morgan fingerprint density at radius 2 is 1.67 bits per heavy atom. The number of aryl methyl sites for hydroxylation is 1. The number of Topliss-reactive ketones (excluding diaryl/α,β-unsaturated/α-hetero) is 1. The number of ether oxygens (including phenoxy) is 1. The standard InChI is InChI=1S/C34H37ClN4O6/c1-22-19-26(14-15-27(22)35)37-32(42)28(13-7-8-18-45-34(36)44)38-33(43)29-20-24-11-5-6-12-25(24)21-39(29)31(41)17-16-30(40)23-9-3-2-4-10-23/h2-6,9-12,14-15,19,28-29H,7-8,13,16-18,20-21H2,1H3,(H2,36,44)(H,37,42)(H,38,43)/t28-,29-/m0/s1. The summed E-state index contributed by atoms with van der Waals surface area (Å²) in [7, 11) is 0. The number of anilines is 1. The molecule has 0 aliphatic carbocycles. The van der Waals surface area contributed by atoms with Crippen molar-refractivity contribution in [3.63, 3.8) is 0 Å². The molecule has 0 saturated carbocycles. The number of benzene rings is 3. The maximum absolute atomic E-state index is 13.9. The van der Waals surface area contributed by atoms with E-state index in [0.29, 0.717) is 29.1 Å². The van der Waals surface area contributed by atoms with Crippen molar-refractivity contribution in [2.45, 2.75) is 64.1 Å². The summed E-state index contributed by atoms with van der Waals surface area (Å²) >= 11 is 6.14. The first-order chi connectivity index (χ1) is 21.6. The van der Waals surface area contributed by atoms with Crippen LogP contribution in [0.1, 0.15) is 59.2 Å². The molecular formula is C34H37ClN4O6. The van der Waals surface area contributed by atoms with Crippen molar-refractivity contribution in [3.05, 3.63) is 100 Å². The SMILES string of the molecule is Cc1cc(NC(=O)[C@H](CCCCOC(N)=O)NC(=O)[C@@H]2Cc3ccccc3CN2C(=O)CCC(=O)c2ccccc2)ccc1Cl. The molecule has 10 nitrogen and oxygen atoms in total. The van der Waals surface area contributed by atoms with Crippen LogP contribution in [-0.2, 0) is 32.1 Å². The summed E-state index contributed by atoms with van der Waals surface area (Å²) in [5, 5.41) is 6.26. The van der Waals surface area contributed by atoms with Gasteiger partial charge in [0.2, 0.25) is 17.7 Å². The van der Waals surface area contributed by atoms with Gasteiger partial charge < -0.3 is 26.0 Å². The van der Waals surface area contributed by atoms with E-state index in [1.165, 1.54) is 4.90 Å². The van der Waals surface area contributed by atoms with Crippen LogP contribution in [0, 0.1) is 6.92 Å². The van der Waals surface area contributed by atoms with Gasteiger partial charge in [0.1, 0.15) is 12.1 Å². The number of halogens is 1. The summed E-state index contributed by atoms with van der Waals surface area (Å²) in [6.45, 7) is 2.10. The van der Waals surface area contributed by atoms with E-state index in [-0.39, 0.29) is 50.5 Å². The lowest BCUT2D eigenvalue weighted by Gasteiger charge is -2.37. The summed E-state index contributed by atoms with van der Waals surface area (Å²) in [4.78, 5) is 66.0. The maximum Gasteiger partial charge on any atom is 0.404 e. The van der Waals surface area contributed by atoms with Crippen LogP contribution in [-0.4, -0.2) is 53.2 Å². The van der Waals surface area contributed by atoms with Gasteiger partial charge in [0, 0.05) is 42.1 Å². The number of rotatable bonds is 13. The molecule has 3 aromatic carbocycles. The average molecular weight is 633 g/mol. The van der Waals surface area contributed by atoms with E-state index in [2.05, 4.69) is 10.6 Å². The lowest BCUT2D eigenvalue weighted by molar-refractivity contribution is -0.142. The molecular weight excluding hydrogens is 596 g/mol. The van der Waals surface area contributed by atoms with Gasteiger partial charge in [-0.1, -0.05) is 66.2 Å². The monoisotopic (exact) mass is 632 g/mol. The second-order valence-corrected chi connectivity index (χ2v) is 11.4. The molecule has 4 rings (SSSR count). The number of carbonyl (C=O) groups excluding carboxylic acids is 5. The summed E-state index contributed by atoms with van der Waals surface area (Å²) in [5.74, 6) is -1.40. The number of nitrogens with zero attached hydrogens (tertiary/aromatic N) is 1. The third-order valence-corrected chi connectivity index (χ3v) is 8.15. The van der Waals surface area contributed by atoms with Crippen LogP contribution in [0.2, 0.25) is 5.02 Å². The van der Waals surface area contributed by atoms with E-state index in [9.17, 15) is 24.0 Å². The van der Waals surface area contributed by atoms with E-state index >= 15 is 0 Å². The van der Waals surface area contributed by atoms with Crippen LogP contribution in [0.15, 0.2) is 72.8 Å². The molecule has 2 atom stereocenters. The van der Waals surface area contributed by atoms with Crippen LogP contribution in [0.25, 0.3) is 0 Å². The van der Waals surface area contributed by atoms with E-state index in [1.807, 2.05) is 37.3 Å². The first-order valence-corrected chi connectivity index (χ1v) is 15.2. The van der Waals surface area contributed by atoms with Crippen molar-refractivity contribution in [2.75, 3.05) is 11.9 Å². The molecule has 0 aromatic heterocycles. The highest BCUT2D eigenvalue weighted by Gasteiger charge is 2.36. The Labute approximate surface area is 267 Å². The number of nitrogens with two attached hydrogens (primary N) is 1. The fourth-order valence-electron chi connectivity index (χ4n) is 5.26. The van der Waals surface area contributed by atoms with Crippen LogP contribution in [0.5, 0.6) is 0 Å². The molecule has 1 heterocycles. The van der Waals surface area contributed by atoms with Gasteiger partial charge in [-0.2, -0.15) is 0 Å². The van der Waals surface area contributed by atoms with Gasteiger partial charge in [-0.15, -0.1) is 0 Å². The summed E-state index contributed by atoms with van der Waals surface area (Å²) < 4.78 is 4.79. The highest BCUT2D eigenvalue weighted by Crippen LogP contribution is 2.25. The van der Waals surface area contributed by atoms with Crippen molar-refractivity contribution < 1.29 is 28.7 Å². The van der Waals surface area contributed by atoms with Gasteiger partial charge in [0.05, 0.1) is 6.61 Å². The van der Waals surface area contributed by atoms with Crippen LogP contribution < -0.4 is 16.4 Å². The molecule has 1 aliphatic rings. The summed E-state index contributed by atoms with van der Waals surface area (Å²) in [6, 6.07) is 19.6. The lowest BCUT2D eigenvalue weighted by Crippen LogP contribution is -2.56. The van der Waals surface area contributed by atoms with Crippen molar-refractivity contribution in [1.29, 1.82) is 0 Å². The summed E-state index contributed by atoms with van der Waals surface area (Å²) in [6.07, 6.45) is 0.450. The lowest BCUT2D eigenvalue weighted by atomic mass is 9.92. The molecule has 0 spiro atoms. The second-order valence-electron chi connectivity index (χ2n) is 11.0. The van der Waals surface area contributed by atoms with Gasteiger partial charge in [-0.25, -0.2) is 4.79 Å². The molecule has 0 radical (unpaired) electrons. The van der Waals surface area contributed by atoms with E-state index in [1.54, 1.807) is 42.5 Å². The Bertz CT molecular complexity index is 1550. The molecule has 11 heteroatoms. The molecule has 3 aromatic rings. The number of ketones is 1. The van der Waals surface area contributed by atoms with E-state index in [4.69, 9.17) is 22.1 Å². The van der Waals surface area contributed by atoms with Crippen molar-refractivity contribution in [3.8, 4) is 0 Å². The highest BCUT2D eigenvalue weighted by atomic mass is 35.5. The zero-order valence-corrected chi connectivity index (χ0v) is 25.8. The van der Waals surface area contributed by atoms with Gasteiger partial charge in [-0.05, 0) is 61.1 Å². The Hall–Kier alpha value is -4.70. The van der Waals surface area contributed by atoms with Crippen molar-refractivity contribution in [2.24, 2.45) is 5.73 Å². The first-order valence-electron chi connectivity index (χ1n) is 14.9. The predicted molar refractivity (Wildman–Crippen MR) is 171 cm³/mol. The molecule has 4 amide bonds. The van der Waals surface area contributed by atoms with Crippen molar-refractivity contribution >= 4 is 46.9 Å². The molecule has 4 N–H and O–H groups in total. The van der Waals surface area contributed by atoms with Crippen LogP contribution in [0.3, 0.4) is 0 Å². The Kier molecular flexibility index (Phi) is 11.7. The zero-order valence-electron chi connectivity index (χ0n) is 25.1. The minimum Gasteiger partial charge on any atom is -0.450 e. The van der Waals surface area contributed by atoms with Gasteiger partial charge >= 0.3 is 6.09 Å². The Morgan fingerprint density at radius 1 is 0.956 bits per heavy atom. The Balaban J connectivity index is 1.50. The third-order valence-electron chi connectivity index (χ3n) is 7.72. The zero-order chi connectivity index (χ0) is 32.3. The number of fused-ring (bicyclic) bond motifs is 1. The molecule has 0 saturated heterocycles. The molecule has 0 fully saturated rings. The minimum atomic E-state index is -0.948. The number of carbonyl (C=O) groups is 5. The predicted octanol–water partition coefficient (Wildman–Crippen LogP) is 4.95. The molecule has 0 unspecified atom stereocenters. The third kappa shape index (κ3) is 9.39. The highest BCUT2D eigenvalue weighted by molar-refractivity contribution is 6.31. The fourth-order valence-corrected chi connectivity index (χ4v) is 5.38. The number of primary amides is 1. The largest absolute Gasteiger partial charge is 0.450 e. The van der Waals surface area contributed by atoms with Gasteiger partial charge in [-0.3, -0.25) is 19.2 Å². The quantitative estimate of drug-likeness (QED) is 0.179. The number of hydrogen-bond donors (Lipinski definition) is 3. The van der Waals surface area contributed by atoms with Crippen molar-refractivity contribution in [1.82, 2.24) is 10.2 Å². The maximum atomic E-state index is 13.9. The molecule has 45 heavy (non-hydrogen) atoms. The number of unbranched alkanes of at least 4 members (excludes halogenated alkanes) is 1. The number of amides is 4. The van der Waals surface area contributed by atoms with E-state index in [0.717, 1.165) is 16.7 Å². The summed E-state index contributed by atoms with van der Waals surface area (Å²) in [5.41, 5.74) is 8.71. The average Bonchev–Trinajstić information content (AvgIpc) is 3.04. The smallest absolute Gasteiger partial charge is 0.404 e. The van der Waals surface area contributed by atoms with E-state index < -0.39 is 30.0 Å². The number of nitrogens with one attached hydrogen (secondary N) is 2. The van der Waals surface area contributed by atoms with Gasteiger partial charge in [0.25, 0.3) is 0 Å². The molecule has 0 bridgehead atoms. The topological polar surface area (TPSA) is 148 Å². The van der Waals surface area contributed by atoms with Gasteiger partial charge in [0.15, 0.2) is 5.78 Å². The molecule has 236 valence electrons. The minimum absolute atomic E-state index is 0.00818. The second kappa shape index (κ2) is 15.9. The fraction of sp³-hybridized carbons (Fsp3) is 0.324. The molecule has 1 aliphatic heterocycles. The first kappa shape index (κ1) is 33.2. The van der Waals surface area contributed by atoms with Crippen LogP contribution in [0.4, 0.5) is 10.5 Å². The Morgan fingerprint density at radius 3 is 2.38 bits per heavy atom.